The summed E-state index contributed by atoms with van der Waals surface area (Å²) in [6, 6.07) is 12.8. The minimum atomic E-state index is -0.554. The van der Waals surface area contributed by atoms with Crippen molar-refractivity contribution in [3.8, 4) is 6.07 Å². The van der Waals surface area contributed by atoms with Gasteiger partial charge in [-0.05, 0) is 60.7 Å². The van der Waals surface area contributed by atoms with Crippen LogP contribution in [0, 0.1) is 18.3 Å². The van der Waals surface area contributed by atoms with E-state index in [-0.39, 0.29) is 11.3 Å². The molecule has 0 bridgehead atoms. The monoisotopic (exact) mass is 412 g/mol. The number of amides is 1. The van der Waals surface area contributed by atoms with Gasteiger partial charge in [0.05, 0.1) is 17.6 Å². The van der Waals surface area contributed by atoms with Crippen molar-refractivity contribution in [3.63, 3.8) is 0 Å². The summed E-state index contributed by atoms with van der Waals surface area (Å²) in [4.78, 5) is 12.5. The van der Waals surface area contributed by atoms with Crippen molar-refractivity contribution >= 4 is 34.8 Å². The molecule has 1 atom stereocenters. The molecule has 2 aromatic rings. The van der Waals surface area contributed by atoms with Gasteiger partial charge in [-0.25, -0.2) is 0 Å². The van der Waals surface area contributed by atoms with Gasteiger partial charge in [0, 0.05) is 15.7 Å². The number of hydrogen-bond acceptors (Lipinski definition) is 3. The summed E-state index contributed by atoms with van der Waals surface area (Å²) in [5.41, 5.74) is 2.99. The zero-order valence-corrected chi connectivity index (χ0v) is 16.7. The lowest BCUT2D eigenvalue weighted by Crippen LogP contribution is -2.18. The molecule has 2 N–H and O–H groups in total. The van der Waals surface area contributed by atoms with E-state index < -0.39 is 11.8 Å². The SMILES string of the molecule is Cc1cc(C(C#N)c2ccc(Cl)cc2)c(Cl)cc1NC(=O)C1=CCCC=C1O. The van der Waals surface area contributed by atoms with Crippen molar-refractivity contribution in [1.82, 2.24) is 0 Å². The molecular formula is C22H18Cl2N2O2. The van der Waals surface area contributed by atoms with Gasteiger partial charge in [-0.3, -0.25) is 4.79 Å². The number of nitrogens with zero attached hydrogens (tertiary/aromatic N) is 1. The minimum absolute atomic E-state index is 0.0172. The van der Waals surface area contributed by atoms with Crippen LogP contribution in [0.3, 0.4) is 0 Å². The third-order valence-corrected chi connectivity index (χ3v) is 5.19. The van der Waals surface area contributed by atoms with Gasteiger partial charge in [-0.1, -0.05) is 47.5 Å². The molecule has 142 valence electrons. The van der Waals surface area contributed by atoms with Crippen molar-refractivity contribution in [2.75, 3.05) is 5.32 Å². The number of nitrogens with one attached hydrogen (secondary N) is 1. The fourth-order valence-electron chi connectivity index (χ4n) is 3.10. The second-order valence-electron chi connectivity index (χ2n) is 6.54. The summed E-state index contributed by atoms with van der Waals surface area (Å²) < 4.78 is 0. The predicted molar refractivity (Wildman–Crippen MR) is 112 cm³/mol. The number of anilines is 1. The Morgan fingerprint density at radius 1 is 1.18 bits per heavy atom. The Labute approximate surface area is 173 Å². The molecule has 1 aliphatic rings. The van der Waals surface area contributed by atoms with Crippen LogP contribution in [0.4, 0.5) is 5.69 Å². The Balaban J connectivity index is 1.89. The molecule has 0 radical (unpaired) electrons. The lowest BCUT2D eigenvalue weighted by Gasteiger charge is -2.17. The first-order chi connectivity index (χ1) is 13.4. The van der Waals surface area contributed by atoms with E-state index in [1.165, 1.54) is 0 Å². The van der Waals surface area contributed by atoms with E-state index in [9.17, 15) is 15.2 Å². The van der Waals surface area contributed by atoms with E-state index in [4.69, 9.17) is 23.2 Å². The van der Waals surface area contributed by atoms with Gasteiger partial charge in [0.25, 0.3) is 5.91 Å². The van der Waals surface area contributed by atoms with Crippen molar-refractivity contribution in [2.45, 2.75) is 25.7 Å². The molecule has 1 amide bonds. The molecule has 0 heterocycles. The Hall–Kier alpha value is -2.74. The normalized spacial score (nSPS) is 14.5. The van der Waals surface area contributed by atoms with Gasteiger partial charge in [0.1, 0.15) is 5.76 Å². The van der Waals surface area contributed by atoms with Gasteiger partial charge in [0.2, 0.25) is 0 Å². The predicted octanol–water partition coefficient (Wildman–Crippen LogP) is 6.06. The highest BCUT2D eigenvalue weighted by atomic mass is 35.5. The van der Waals surface area contributed by atoms with E-state index >= 15 is 0 Å². The van der Waals surface area contributed by atoms with Gasteiger partial charge in [0.15, 0.2) is 0 Å². The largest absolute Gasteiger partial charge is 0.507 e. The molecular weight excluding hydrogens is 395 g/mol. The number of halogens is 2. The number of aliphatic hydroxyl groups is 1. The number of carbonyl (C=O) groups is 1. The highest BCUT2D eigenvalue weighted by Gasteiger charge is 2.21. The molecule has 28 heavy (non-hydrogen) atoms. The Kier molecular flexibility index (Phi) is 6.08. The van der Waals surface area contributed by atoms with E-state index in [0.29, 0.717) is 34.1 Å². The second-order valence-corrected chi connectivity index (χ2v) is 7.38. The van der Waals surface area contributed by atoms with Crippen molar-refractivity contribution in [3.05, 3.63) is 86.6 Å². The summed E-state index contributed by atoms with van der Waals surface area (Å²) in [7, 11) is 0. The average molecular weight is 413 g/mol. The fraction of sp³-hybridized carbons (Fsp3) is 0.182. The molecule has 0 aromatic heterocycles. The zero-order valence-electron chi connectivity index (χ0n) is 15.2. The molecule has 1 aliphatic carbocycles. The number of nitriles is 1. The van der Waals surface area contributed by atoms with Crippen LogP contribution in [0.1, 0.15) is 35.4 Å². The summed E-state index contributed by atoms with van der Waals surface area (Å²) in [5.74, 6) is -0.965. The Morgan fingerprint density at radius 3 is 2.50 bits per heavy atom. The fourth-order valence-corrected chi connectivity index (χ4v) is 3.50. The maximum Gasteiger partial charge on any atom is 0.259 e. The Bertz CT molecular complexity index is 1020. The first kappa shape index (κ1) is 20.0. The maximum atomic E-state index is 12.5. The standard InChI is InChI=1S/C22H18Cl2N2O2/c1-13-10-17(18(12-25)14-6-8-15(23)9-7-14)19(24)11-20(13)26-22(28)16-4-2-3-5-21(16)27/h4-11,18,27H,2-3H2,1H3,(H,26,28). The smallest absolute Gasteiger partial charge is 0.259 e. The van der Waals surface area contributed by atoms with E-state index in [1.54, 1.807) is 48.6 Å². The number of benzene rings is 2. The van der Waals surface area contributed by atoms with Crippen LogP contribution in [-0.2, 0) is 4.79 Å². The maximum absolute atomic E-state index is 12.5. The zero-order chi connectivity index (χ0) is 20.3. The molecule has 0 saturated heterocycles. The van der Waals surface area contributed by atoms with Gasteiger partial charge in [-0.2, -0.15) is 5.26 Å². The van der Waals surface area contributed by atoms with Crippen molar-refractivity contribution in [1.29, 1.82) is 5.26 Å². The number of hydrogen-bond donors (Lipinski definition) is 2. The molecule has 0 saturated carbocycles. The van der Waals surface area contributed by atoms with Crippen LogP contribution in [-0.4, -0.2) is 11.0 Å². The number of carbonyl (C=O) groups excluding carboxylic acids is 1. The van der Waals surface area contributed by atoms with Crippen LogP contribution in [0.25, 0.3) is 0 Å². The highest BCUT2D eigenvalue weighted by molar-refractivity contribution is 6.32. The van der Waals surface area contributed by atoms with Crippen LogP contribution >= 0.6 is 23.2 Å². The molecule has 6 heteroatoms. The molecule has 0 spiro atoms. The summed E-state index contributed by atoms with van der Waals surface area (Å²) in [6.45, 7) is 1.83. The molecule has 0 fully saturated rings. The van der Waals surface area contributed by atoms with Crippen LogP contribution in [0.15, 0.2) is 59.9 Å². The van der Waals surface area contributed by atoms with Gasteiger partial charge in [-0.15, -0.1) is 0 Å². The van der Waals surface area contributed by atoms with Crippen LogP contribution in [0.2, 0.25) is 10.0 Å². The molecule has 0 aliphatic heterocycles. The summed E-state index contributed by atoms with van der Waals surface area (Å²) in [6.07, 6.45) is 4.75. The number of aliphatic hydroxyl groups excluding tert-OH is 1. The van der Waals surface area contributed by atoms with Crippen LogP contribution < -0.4 is 5.32 Å². The molecule has 1 unspecified atom stereocenters. The van der Waals surface area contributed by atoms with Crippen molar-refractivity contribution < 1.29 is 9.90 Å². The number of allylic oxidation sites excluding steroid dienone is 2. The summed E-state index contributed by atoms with van der Waals surface area (Å²) in [5, 5.41) is 23.3. The third kappa shape index (κ3) is 4.22. The first-order valence-corrected chi connectivity index (χ1v) is 9.52. The second kappa shape index (κ2) is 8.52. The first-order valence-electron chi connectivity index (χ1n) is 8.77. The van der Waals surface area contributed by atoms with Gasteiger partial charge >= 0.3 is 0 Å². The summed E-state index contributed by atoms with van der Waals surface area (Å²) >= 11 is 12.4. The number of rotatable bonds is 4. The van der Waals surface area contributed by atoms with Gasteiger partial charge < -0.3 is 10.4 Å². The van der Waals surface area contributed by atoms with E-state index in [0.717, 1.165) is 11.1 Å². The average Bonchev–Trinajstić information content (AvgIpc) is 2.67. The highest BCUT2D eigenvalue weighted by Crippen LogP contribution is 2.34. The minimum Gasteiger partial charge on any atom is -0.507 e. The van der Waals surface area contributed by atoms with E-state index in [1.807, 2.05) is 6.92 Å². The lowest BCUT2D eigenvalue weighted by atomic mass is 9.91. The van der Waals surface area contributed by atoms with E-state index in [2.05, 4.69) is 11.4 Å². The molecule has 3 rings (SSSR count). The number of aryl methyl sites for hydroxylation is 1. The quantitative estimate of drug-likeness (QED) is 0.640. The Morgan fingerprint density at radius 2 is 1.86 bits per heavy atom. The van der Waals surface area contributed by atoms with Crippen molar-refractivity contribution in [2.24, 2.45) is 0 Å². The lowest BCUT2D eigenvalue weighted by molar-refractivity contribution is -0.112. The van der Waals surface area contributed by atoms with Crippen LogP contribution in [0.5, 0.6) is 0 Å². The topological polar surface area (TPSA) is 73.1 Å². The molecule has 4 nitrogen and oxygen atoms in total. The third-order valence-electron chi connectivity index (χ3n) is 4.61. The molecule has 2 aromatic carbocycles.